The summed E-state index contributed by atoms with van der Waals surface area (Å²) in [7, 11) is 0. The number of alkyl halides is 1. The predicted octanol–water partition coefficient (Wildman–Crippen LogP) is 4.97. The van der Waals surface area contributed by atoms with Gasteiger partial charge in [-0.25, -0.2) is 4.39 Å². The van der Waals surface area contributed by atoms with Crippen LogP contribution in [0.15, 0.2) is 46.9 Å². The molecule has 0 bridgehead atoms. The number of allylic oxidation sites excluding steroid dienone is 1. The number of rotatable bonds is 5. The summed E-state index contributed by atoms with van der Waals surface area (Å²) in [4.78, 5) is 12.1. The average Bonchev–Trinajstić information content (AvgIpc) is 2.50. The molecule has 114 valence electrons. The standard InChI is InChI=1S/C17H13BrClFO2/c18-14-3-4-15(20)11(10-14)1-5-16(21)12-2-6-17(22)13(9-12)7-8-19/h1-6,9-10,22H,7-8H2/b5-1+. The Bertz CT molecular complexity index is 729. The zero-order valence-electron chi connectivity index (χ0n) is 11.5. The maximum absolute atomic E-state index is 13.6. The van der Waals surface area contributed by atoms with E-state index >= 15 is 0 Å². The Balaban J connectivity index is 2.23. The van der Waals surface area contributed by atoms with Gasteiger partial charge in [0.1, 0.15) is 11.6 Å². The Morgan fingerprint density at radius 3 is 2.77 bits per heavy atom. The predicted molar refractivity (Wildman–Crippen MR) is 90.0 cm³/mol. The van der Waals surface area contributed by atoms with Gasteiger partial charge in [0.05, 0.1) is 0 Å². The van der Waals surface area contributed by atoms with Crippen LogP contribution in [0.25, 0.3) is 6.08 Å². The number of hydrogen-bond acceptors (Lipinski definition) is 2. The zero-order valence-corrected chi connectivity index (χ0v) is 13.9. The number of carbonyl (C=O) groups is 1. The fraction of sp³-hybridized carbons (Fsp3) is 0.118. The number of hydrogen-bond donors (Lipinski definition) is 1. The lowest BCUT2D eigenvalue weighted by molar-refractivity contribution is 0.104. The molecule has 0 heterocycles. The van der Waals surface area contributed by atoms with Crippen LogP contribution in [0.4, 0.5) is 4.39 Å². The van der Waals surface area contributed by atoms with Gasteiger partial charge < -0.3 is 5.11 Å². The van der Waals surface area contributed by atoms with E-state index in [0.717, 1.165) is 4.47 Å². The van der Waals surface area contributed by atoms with Gasteiger partial charge in [0, 0.05) is 21.5 Å². The normalized spacial score (nSPS) is 11.0. The third kappa shape index (κ3) is 4.18. The van der Waals surface area contributed by atoms with Crippen LogP contribution >= 0.6 is 27.5 Å². The minimum absolute atomic E-state index is 0.110. The summed E-state index contributed by atoms with van der Waals surface area (Å²) < 4.78 is 14.3. The third-order valence-electron chi connectivity index (χ3n) is 3.10. The summed E-state index contributed by atoms with van der Waals surface area (Å²) in [6, 6.07) is 9.09. The lowest BCUT2D eigenvalue weighted by Gasteiger charge is -2.04. The number of phenols is 1. The molecule has 1 N–H and O–H groups in total. The van der Waals surface area contributed by atoms with Crippen LogP contribution in [-0.4, -0.2) is 16.8 Å². The number of ketones is 1. The van der Waals surface area contributed by atoms with Crippen molar-refractivity contribution in [1.82, 2.24) is 0 Å². The monoisotopic (exact) mass is 382 g/mol. The maximum Gasteiger partial charge on any atom is 0.185 e. The highest BCUT2D eigenvalue weighted by atomic mass is 79.9. The number of benzene rings is 2. The SMILES string of the molecule is O=C(/C=C/c1cc(Br)ccc1F)c1ccc(O)c(CCCl)c1. The molecule has 0 aliphatic heterocycles. The molecule has 0 fully saturated rings. The van der Waals surface area contributed by atoms with Crippen molar-refractivity contribution in [3.05, 3.63) is 69.5 Å². The summed E-state index contributed by atoms with van der Waals surface area (Å²) >= 11 is 8.91. The van der Waals surface area contributed by atoms with E-state index in [1.165, 1.54) is 30.4 Å². The molecule has 2 nitrogen and oxygen atoms in total. The first-order chi connectivity index (χ1) is 10.5. The molecule has 0 spiro atoms. The molecule has 0 aliphatic rings. The lowest BCUT2D eigenvalue weighted by Crippen LogP contribution is -1.97. The Kier molecular flexibility index (Phi) is 5.75. The first kappa shape index (κ1) is 16.7. The van der Waals surface area contributed by atoms with Crippen LogP contribution in [0.5, 0.6) is 5.75 Å². The highest BCUT2D eigenvalue weighted by Gasteiger charge is 2.07. The number of carbonyl (C=O) groups excluding carboxylic acids is 1. The molecular formula is C17H13BrClFO2. The van der Waals surface area contributed by atoms with Gasteiger partial charge in [-0.3, -0.25) is 4.79 Å². The van der Waals surface area contributed by atoms with Crippen molar-refractivity contribution >= 4 is 39.4 Å². The van der Waals surface area contributed by atoms with Crippen LogP contribution in [0.2, 0.25) is 0 Å². The van der Waals surface area contributed by atoms with Crippen molar-refractivity contribution in [1.29, 1.82) is 0 Å². The molecule has 0 saturated carbocycles. The summed E-state index contributed by atoms with van der Waals surface area (Å²) in [5.41, 5.74) is 1.36. The minimum Gasteiger partial charge on any atom is -0.508 e. The molecule has 0 radical (unpaired) electrons. The van der Waals surface area contributed by atoms with Crippen LogP contribution < -0.4 is 0 Å². The van der Waals surface area contributed by atoms with E-state index in [2.05, 4.69) is 15.9 Å². The number of phenolic OH excluding ortho intramolecular Hbond substituents is 1. The van der Waals surface area contributed by atoms with Gasteiger partial charge in [-0.15, -0.1) is 11.6 Å². The van der Waals surface area contributed by atoms with E-state index < -0.39 is 5.82 Å². The van der Waals surface area contributed by atoms with E-state index in [0.29, 0.717) is 29.0 Å². The second kappa shape index (κ2) is 7.56. The van der Waals surface area contributed by atoms with Crippen molar-refractivity contribution in [3.8, 4) is 5.75 Å². The first-order valence-corrected chi connectivity index (χ1v) is 7.89. The number of halogens is 3. The smallest absolute Gasteiger partial charge is 0.185 e. The van der Waals surface area contributed by atoms with Crippen molar-refractivity contribution in [3.63, 3.8) is 0 Å². The van der Waals surface area contributed by atoms with Crippen molar-refractivity contribution in [2.45, 2.75) is 6.42 Å². The minimum atomic E-state index is -0.402. The van der Waals surface area contributed by atoms with Gasteiger partial charge >= 0.3 is 0 Å². The Morgan fingerprint density at radius 1 is 1.27 bits per heavy atom. The largest absolute Gasteiger partial charge is 0.508 e. The van der Waals surface area contributed by atoms with E-state index in [1.54, 1.807) is 18.2 Å². The average molecular weight is 384 g/mol. The molecule has 0 atom stereocenters. The molecule has 0 aliphatic carbocycles. The molecule has 5 heteroatoms. The molecule has 22 heavy (non-hydrogen) atoms. The molecule has 0 saturated heterocycles. The van der Waals surface area contributed by atoms with Crippen LogP contribution in [0.1, 0.15) is 21.5 Å². The molecular weight excluding hydrogens is 371 g/mol. The Labute approximate surface area is 141 Å². The second-order valence-corrected chi connectivity index (χ2v) is 5.94. The molecule has 2 aromatic carbocycles. The summed E-state index contributed by atoms with van der Waals surface area (Å²) in [5.74, 6) is -0.209. The van der Waals surface area contributed by atoms with E-state index in [4.69, 9.17) is 11.6 Å². The van der Waals surface area contributed by atoms with Gasteiger partial charge in [-0.2, -0.15) is 0 Å². The van der Waals surface area contributed by atoms with Gasteiger partial charge in [0.2, 0.25) is 0 Å². The number of aromatic hydroxyl groups is 1. The molecule has 2 aromatic rings. The van der Waals surface area contributed by atoms with Crippen molar-refractivity contribution < 1.29 is 14.3 Å². The Morgan fingerprint density at radius 2 is 2.05 bits per heavy atom. The first-order valence-electron chi connectivity index (χ1n) is 6.56. The zero-order chi connectivity index (χ0) is 16.1. The topological polar surface area (TPSA) is 37.3 Å². The fourth-order valence-electron chi connectivity index (χ4n) is 1.94. The van der Waals surface area contributed by atoms with Crippen LogP contribution in [-0.2, 0) is 6.42 Å². The third-order valence-corrected chi connectivity index (χ3v) is 3.78. The lowest BCUT2D eigenvalue weighted by atomic mass is 10.0. The van der Waals surface area contributed by atoms with Crippen LogP contribution in [0, 0.1) is 5.82 Å². The second-order valence-electron chi connectivity index (χ2n) is 4.65. The molecule has 0 aromatic heterocycles. The van der Waals surface area contributed by atoms with Crippen LogP contribution in [0.3, 0.4) is 0 Å². The van der Waals surface area contributed by atoms with E-state index in [9.17, 15) is 14.3 Å². The van der Waals surface area contributed by atoms with Gasteiger partial charge in [-0.1, -0.05) is 15.9 Å². The van der Waals surface area contributed by atoms with Gasteiger partial charge in [0.25, 0.3) is 0 Å². The fourth-order valence-corrected chi connectivity index (χ4v) is 2.53. The van der Waals surface area contributed by atoms with Gasteiger partial charge in [-0.05, 0) is 60.5 Å². The molecule has 2 rings (SSSR count). The summed E-state index contributed by atoms with van der Waals surface area (Å²) in [6.07, 6.45) is 3.21. The van der Waals surface area contributed by atoms with Gasteiger partial charge in [0.15, 0.2) is 5.78 Å². The molecule has 0 amide bonds. The highest BCUT2D eigenvalue weighted by Crippen LogP contribution is 2.21. The van der Waals surface area contributed by atoms with E-state index in [1.807, 2.05) is 0 Å². The number of aryl methyl sites for hydroxylation is 1. The highest BCUT2D eigenvalue weighted by molar-refractivity contribution is 9.10. The van der Waals surface area contributed by atoms with Crippen molar-refractivity contribution in [2.24, 2.45) is 0 Å². The van der Waals surface area contributed by atoms with Crippen molar-refractivity contribution in [2.75, 3.05) is 5.88 Å². The maximum atomic E-state index is 13.6. The summed E-state index contributed by atoms with van der Waals surface area (Å²) in [5, 5.41) is 9.68. The Hall–Kier alpha value is -1.65. The van der Waals surface area contributed by atoms with E-state index in [-0.39, 0.29) is 11.5 Å². The summed E-state index contributed by atoms with van der Waals surface area (Å²) in [6.45, 7) is 0. The molecule has 0 unspecified atom stereocenters. The quantitative estimate of drug-likeness (QED) is 0.449.